The SMILES string of the molecule is C=CCc1cc(OC)cc(C[NH+]2CCN(S(=O)(=O)c3ccc(F)cc3)CC2)c1O. The molecular weight excluding hydrogens is 395 g/mol. The Balaban J connectivity index is 1.69. The van der Waals surface area contributed by atoms with Crippen molar-refractivity contribution in [2.45, 2.75) is 17.9 Å². The predicted octanol–water partition coefficient (Wildman–Crippen LogP) is 1.36. The largest absolute Gasteiger partial charge is 0.507 e. The van der Waals surface area contributed by atoms with Crippen LogP contribution in [0, 0.1) is 5.82 Å². The van der Waals surface area contributed by atoms with Gasteiger partial charge in [0.05, 0.1) is 43.7 Å². The van der Waals surface area contributed by atoms with Crippen molar-refractivity contribution in [3.63, 3.8) is 0 Å². The van der Waals surface area contributed by atoms with E-state index in [1.165, 1.54) is 21.3 Å². The van der Waals surface area contributed by atoms with Gasteiger partial charge < -0.3 is 14.7 Å². The Morgan fingerprint density at radius 3 is 2.41 bits per heavy atom. The number of phenolic OH excluding ortho intramolecular Hbond substituents is 1. The summed E-state index contributed by atoms with van der Waals surface area (Å²) >= 11 is 0. The monoisotopic (exact) mass is 421 g/mol. The number of hydrogen-bond acceptors (Lipinski definition) is 4. The average molecular weight is 422 g/mol. The molecule has 156 valence electrons. The molecule has 2 aromatic carbocycles. The number of nitrogens with one attached hydrogen (secondary N) is 1. The Labute approximate surface area is 170 Å². The van der Waals surface area contributed by atoms with Crippen molar-refractivity contribution >= 4 is 10.0 Å². The maximum atomic E-state index is 13.1. The second-order valence-corrected chi connectivity index (χ2v) is 9.01. The van der Waals surface area contributed by atoms with Crippen LogP contribution in [0.5, 0.6) is 11.5 Å². The van der Waals surface area contributed by atoms with Gasteiger partial charge in [0.1, 0.15) is 23.9 Å². The van der Waals surface area contributed by atoms with Crippen LogP contribution in [0.15, 0.2) is 53.9 Å². The van der Waals surface area contributed by atoms with Gasteiger partial charge >= 0.3 is 0 Å². The topological polar surface area (TPSA) is 71.3 Å². The molecule has 2 aromatic rings. The number of ether oxygens (including phenoxy) is 1. The Bertz CT molecular complexity index is 969. The van der Waals surface area contributed by atoms with E-state index in [0.29, 0.717) is 44.9 Å². The molecule has 1 saturated heterocycles. The van der Waals surface area contributed by atoms with E-state index in [-0.39, 0.29) is 10.6 Å². The van der Waals surface area contributed by atoms with Gasteiger partial charge in [-0.3, -0.25) is 0 Å². The van der Waals surface area contributed by atoms with Crippen molar-refractivity contribution in [3.05, 3.63) is 66.0 Å². The number of benzene rings is 2. The summed E-state index contributed by atoms with van der Waals surface area (Å²) < 4.78 is 45.3. The summed E-state index contributed by atoms with van der Waals surface area (Å²) in [6.07, 6.45) is 2.26. The van der Waals surface area contributed by atoms with Crippen molar-refractivity contribution in [3.8, 4) is 11.5 Å². The van der Waals surface area contributed by atoms with E-state index in [1.807, 2.05) is 6.07 Å². The highest BCUT2D eigenvalue weighted by Crippen LogP contribution is 2.28. The first kappa shape index (κ1) is 21.3. The third-order valence-electron chi connectivity index (χ3n) is 5.16. The summed E-state index contributed by atoms with van der Waals surface area (Å²) in [6, 6.07) is 8.50. The van der Waals surface area contributed by atoms with Gasteiger partial charge in [0.2, 0.25) is 10.0 Å². The molecule has 0 radical (unpaired) electrons. The number of sulfonamides is 1. The number of halogens is 1. The lowest BCUT2D eigenvalue weighted by molar-refractivity contribution is -0.917. The van der Waals surface area contributed by atoms with Crippen LogP contribution in [0.3, 0.4) is 0 Å². The molecule has 0 unspecified atom stereocenters. The first-order valence-electron chi connectivity index (χ1n) is 9.44. The van der Waals surface area contributed by atoms with E-state index >= 15 is 0 Å². The number of hydrogen-bond donors (Lipinski definition) is 2. The zero-order chi connectivity index (χ0) is 21.0. The van der Waals surface area contributed by atoms with Gasteiger partial charge in [-0.05, 0) is 42.8 Å². The molecule has 1 aliphatic rings. The molecule has 8 heteroatoms. The molecule has 1 aliphatic heterocycles. The quantitative estimate of drug-likeness (QED) is 0.663. The maximum Gasteiger partial charge on any atom is 0.243 e. The minimum atomic E-state index is -3.64. The Hall–Kier alpha value is -2.42. The molecule has 1 heterocycles. The molecule has 0 amide bonds. The van der Waals surface area contributed by atoms with Gasteiger partial charge in [-0.25, -0.2) is 12.8 Å². The summed E-state index contributed by atoms with van der Waals surface area (Å²) in [5.74, 6) is 0.443. The third-order valence-corrected chi connectivity index (χ3v) is 7.08. The number of nitrogens with zero attached hydrogens (tertiary/aromatic N) is 1. The van der Waals surface area contributed by atoms with Gasteiger partial charge in [-0.1, -0.05) is 6.08 Å². The van der Waals surface area contributed by atoms with Crippen LogP contribution in [-0.4, -0.2) is 51.1 Å². The lowest BCUT2D eigenvalue weighted by atomic mass is 10.0. The van der Waals surface area contributed by atoms with Crippen LogP contribution < -0.4 is 9.64 Å². The number of piperazine rings is 1. The predicted molar refractivity (Wildman–Crippen MR) is 108 cm³/mol. The number of allylic oxidation sites excluding steroid dienone is 1. The van der Waals surface area contributed by atoms with Crippen molar-refractivity contribution < 1.29 is 27.6 Å². The first-order valence-corrected chi connectivity index (χ1v) is 10.9. The van der Waals surface area contributed by atoms with E-state index < -0.39 is 15.8 Å². The average Bonchev–Trinajstić information content (AvgIpc) is 2.71. The summed E-state index contributed by atoms with van der Waals surface area (Å²) in [7, 11) is -2.05. The Morgan fingerprint density at radius 1 is 1.21 bits per heavy atom. The molecule has 2 N–H and O–H groups in total. The van der Waals surface area contributed by atoms with Crippen LogP contribution in [0.1, 0.15) is 11.1 Å². The van der Waals surface area contributed by atoms with Gasteiger partial charge in [0.15, 0.2) is 0 Å². The molecule has 0 aromatic heterocycles. The molecule has 3 rings (SSSR count). The highest BCUT2D eigenvalue weighted by molar-refractivity contribution is 7.89. The summed E-state index contributed by atoms with van der Waals surface area (Å²) in [6.45, 7) is 6.22. The molecule has 0 saturated carbocycles. The zero-order valence-corrected chi connectivity index (χ0v) is 17.2. The van der Waals surface area contributed by atoms with E-state index in [2.05, 4.69) is 6.58 Å². The van der Waals surface area contributed by atoms with E-state index in [1.54, 1.807) is 19.3 Å². The maximum absolute atomic E-state index is 13.1. The third kappa shape index (κ3) is 4.77. The van der Waals surface area contributed by atoms with Gasteiger partial charge in [0, 0.05) is 5.56 Å². The fourth-order valence-electron chi connectivity index (χ4n) is 3.54. The number of quaternary nitrogens is 1. The normalized spacial score (nSPS) is 15.9. The molecule has 0 bridgehead atoms. The summed E-state index contributed by atoms with van der Waals surface area (Å²) in [5, 5.41) is 10.6. The van der Waals surface area contributed by atoms with Crippen molar-refractivity contribution in [2.75, 3.05) is 33.3 Å². The highest BCUT2D eigenvalue weighted by atomic mass is 32.2. The molecule has 29 heavy (non-hydrogen) atoms. The molecular formula is C21H26FN2O4S+. The minimum absolute atomic E-state index is 0.0989. The first-order chi connectivity index (χ1) is 13.8. The highest BCUT2D eigenvalue weighted by Gasteiger charge is 2.31. The summed E-state index contributed by atoms with van der Waals surface area (Å²) in [5.41, 5.74) is 1.53. The molecule has 0 spiro atoms. The molecule has 0 atom stereocenters. The number of methoxy groups -OCH3 is 1. The van der Waals surface area contributed by atoms with Crippen LogP contribution >= 0.6 is 0 Å². The number of aromatic hydroxyl groups is 1. The lowest BCUT2D eigenvalue weighted by Crippen LogP contribution is -3.13. The number of phenols is 1. The molecule has 6 nitrogen and oxygen atoms in total. The van der Waals surface area contributed by atoms with E-state index in [0.717, 1.165) is 23.3 Å². The van der Waals surface area contributed by atoms with Crippen LogP contribution in [0.4, 0.5) is 4.39 Å². The van der Waals surface area contributed by atoms with Gasteiger partial charge in [0.25, 0.3) is 0 Å². The lowest BCUT2D eigenvalue weighted by Gasteiger charge is -2.31. The van der Waals surface area contributed by atoms with Crippen LogP contribution in [0.25, 0.3) is 0 Å². The molecule has 0 aliphatic carbocycles. The van der Waals surface area contributed by atoms with Crippen molar-refractivity contribution in [1.29, 1.82) is 0 Å². The second-order valence-electron chi connectivity index (χ2n) is 7.07. The molecule has 1 fully saturated rings. The fourth-order valence-corrected chi connectivity index (χ4v) is 4.98. The zero-order valence-electron chi connectivity index (χ0n) is 16.4. The van der Waals surface area contributed by atoms with Crippen molar-refractivity contribution in [1.82, 2.24) is 4.31 Å². The van der Waals surface area contributed by atoms with Crippen molar-refractivity contribution in [2.24, 2.45) is 0 Å². The Morgan fingerprint density at radius 2 is 1.83 bits per heavy atom. The van der Waals surface area contributed by atoms with Crippen LogP contribution in [-0.2, 0) is 23.0 Å². The van der Waals surface area contributed by atoms with E-state index in [9.17, 15) is 17.9 Å². The standard InChI is InChI=1S/C21H25FN2O4S/c1-3-4-16-13-19(28-2)14-17(21(16)25)15-23-9-11-24(12-10-23)29(26,27)20-7-5-18(22)6-8-20/h3,5-8,13-14,25H,1,4,9-12,15H2,2H3/p+1. The number of rotatable bonds is 7. The smallest absolute Gasteiger partial charge is 0.243 e. The summed E-state index contributed by atoms with van der Waals surface area (Å²) in [4.78, 5) is 1.27. The van der Waals surface area contributed by atoms with E-state index in [4.69, 9.17) is 4.74 Å². The fraction of sp³-hybridized carbons (Fsp3) is 0.333. The second kappa shape index (κ2) is 8.94. The van der Waals surface area contributed by atoms with Gasteiger partial charge in [-0.2, -0.15) is 4.31 Å². The Kier molecular flexibility index (Phi) is 6.56. The minimum Gasteiger partial charge on any atom is -0.507 e. The van der Waals surface area contributed by atoms with Gasteiger partial charge in [-0.15, -0.1) is 6.58 Å². The van der Waals surface area contributed by atoms with Crippen LogP contribution in [0.2, 0.25) is 0 Å².